The van der Waals surface area contributed by atoms with Gasteiger partial charge in [0.2, 0.25) is 23.1 Å². The van der Waals surface area contributed by atoms with Crippen molar-refractivity contribution in [3.05, 3.63) is 329 Å². The molecule has 0 fully saturated rings. The van der Waals surface area contributed by atoms with Gasteiger partial charge in [-0.15, -0.1) is 0 Å². The minimum atomic E-state index is -2.81. The molecule has 0 bridgehead atoms. The van der Waals surface area contributed by atoms with Crippen LogP contribution in [0.25, 0.3) is 0 Å². The third-order valence-corrected chi connectivity index (χ3v) is 24.1. The highest BCUT2D eigenvalue weighted by molar-refractivity contribution is 6.99. The lowest BCUT2D eigenvalue weighted by Gasteiger charge is -2.42. The second kappa shape index (κ2) is 41.6. The van der Waals surface area contributed by atoms with Crippen molar-refractivity contribution in [3.63, 3.8) is 0 Å². The molecule has 0 aliphatic carbocycles. The normalized spacial score (nSPS) is 10.9. The van der Waals surface area contributed by atoms with Gasteiger partial charge in [0.15, 0.2) is 0 Å². The molecule has 0 radical (unpaired) electrons. The summed E-state index contributed by atoms with van der Waals surface area (Å²) < 4.78 is 10.4. The third-order valence-electron chi connectivity index (χ3n) is 19.1. The first-order valence-electron chi connectivity index (χ1n) is 38.4. The fourth-order valence-electron chi connectivity index (χ4n) is 14.0. The molecular formula is C92H94N12O15Si. The van der Waals surface area contributed by atoms with Crippen LogP contribution in [0.15, 0.2) is 172 Å². The number of carbonyl (C=O) groups excluding carboxylic acids is 4. The van der Waals surface area contributed by atoms with E-state index in [-0.39, 0.29) is 135 Å². The molecule has 0 aliphatic heterocycles. The molecule has 0 saturated heterocycles. The summed E-state index contributed by atoms with van der Waals surface area (Å²) in [6.07, 6.45) is 0.955. The molecule has 0 aliphatic rings. The number of nitriles is 4. The van der Waals surface area contributed by atoms with Gasteiger partial charge in [-0.05, 0) is 175 Å². The summed E-state index contributed by atoms with van der Waals surface area (Å²) in [5, 5.41) is 56.6. The summed E-state index contributed by atoms with van der Waals surface area (Å²) in [4.78, 5) is 163. The Bertz CT molecular complexity index is 6370. The summed E-state index contributed by atoms with van der Waals surface area (Å²) in [6, 6.07) is 47.4. The summed E-state index contributed by atoms with van der Waals surface area (Å²) in [7, 11) is -2.81. The third kappa shape index (κ3) is 22.3. The summed E-state index contributed by atoms with van der Waals surface area (Å²) in [6.45, 7) is 27.4. The summed E-state index contributed by atoms with van der Waals surface area (Å²) >= 11 is 0. The van der Waals surface area contributed by atoms with Crippen molar-refractivity contribution in [2.45, 2.75) is 165 Å². The number of aryl methyl sites for hydroxylation is 4. The Balaban J connectivity index is 0.000000229. The zero-order valence-electron chi connectivity index (χ0n) is 69.5. The van der Waals surface area contributed by atoms with E-state index < -0.39 is 76.4 Å². The molecule has 27 nitrogen and oxygen atoms in total. The fourth-order valence-corrected chi connectivity index (χ4v) is 18.4. The number of hydrogen-bond acceptors (Lipinski definition) is 19. The number of hydrogen-bond donors (Lipinski definition) is 7. The maximum Gasteiger partial charge on any atom is 0.329 e. The number of aliphatic hydroxyl groups excluding tert-OH is 2. The minimum Gasteiger partial charge on any atom is -0.396 e. The molecule has 6 aromatic carbocycles. The average Bonchev–Trinajstić information content (AvgIpc) is 0.744. The zero-order chi connectivity index (χ0) is 88.8. The number of unbranched alkanes of at least 4 members (excludes halogenated alkanes) is 1. The quantitative estimate of drug-likeness (QED) is 0.0144. The maximum absolute atomic E-state index is 13.9. The summed E-state index contributed by atoms with van der Waals surface area (Å²) in [5.74, 6) is 7.93. The molecule has 4 heterocycles. The number of rotatable bonds is 22. The van der Waals surface area contributed by atoms with Crippen molar-refractivity contribution < 1.29 is 33.8 Å². The van der Waals surface area contributed by atoms with Crippen LogP contribution in [0.4, 0.5) is 0 Å². The number of aliphatic hydroxyl groups is 2. The van der Waals surface area contributed by atoms with E-state index in [9.17, 15) is 68.1 Å². The standard InChI is InChI=1S/C36H37N3O4Si.C20H23N3O4.C20H19N3O4.C16H15N3O3/c1-25(2)31-32(33(40)28-22-26(3)21-27(23-28)24-37)39(35(42)38-34(31)41)19-13-14-20-43-44(36(4,5)6,29-15-9-7-10-16-29)30-17-11-8-12-18-30;2*1-12(2)16-17(18(25)15-9-13(3)8-14(10-15)11-21)23(6-4-5-7-24)20(27)22-19(16)26;1-8(2)12-13(18-16(22)19-15(12)21)14(20)11-5-9(3)4-10(6-11)7-17/h7-12,15-18,21-23,25H,19-20H2,1-6H3,(H,38,41,42);8-10,12,24H,4-7H2,1-3H3,(H,22,26,27);8-10,12,24H,6-7H2,1-3H3,(H,22,26,27);4-6,8H,1-3H3,(H2,18,19,21,22). The number of H-pyrrole nitrogens is 5. The van der Waals surface area contributed by atoms with Crippen molar-refractivity contribution in [2.75, 3.05) is 19.8 Å². The summed E-state index contributed by atoms with van der Waals surface area (Å²) in [5.41, 5.74) is 0.708. The highest BCUT2D eigenvalue weighted by Crippen LogP contribution is 2.37. The van der Waals surface area contributed by atoms with Crippen LogP contribution in [0.1, 0.15) is 244 Å². The van der Waals surface area contributed by atoms with E-state index >= 15 is 0 Å². The number of aromatic nitrogens is 8. The zero-order valence-corrected chi connectivity index (χ0v) is 70.5. The van der Waals surface area contributed by atoms with Gasteiger partial charge in [-0.1, -0.05) is 161 Å². The van der Waals surface area contributed by atoms with Crippen LogP contribution in [0, 0.1) is 96.7 Å². The first-order valence-corrected chi connectivity index (χ1v) is 40.4. The first-order chi connectivity index (χ1) is 56.8. The van der Waals surface area contributed by atoms with Crippen molar-refractivity contribution in [1.82, 2.24) is 38.6 Å². The molecule has 10 aromatic rings. The number of ketones is 4. The molecule has 120 heavy (non-hydrogen) atoms. The molecule has 0 spiro atoms. The van der Waals surface area contributed by atoms with Gasteiger partial charge in [-0.2, -0.15) is 21.0 Å². The smallest absolute Gasteiger partial charge is 0.329 e. The van der Waals surface area contributed by atoms with Crippen molar-refractivity contribution in [2.24, 2.45) is 0 Å². The Morgan fingerprint density at radius 1 is 0.417 bits per heavy atom. The van der Waals surface area contributed by atoms with Gasteiger partial charge in [-0.25, -0.2) is 19.2 Å². The minimum absolute atomic E-state index is 0.0227. The number of carbonyl (C=O) groups is 4. The van der Waals surface area contributed by atoms with Gasteiger partial charge in [-0.3, -0.25) is 72.0 Å². The van der Waals surface area contributed by atoms with E-state index in [1.807, 2.05) is 54.6 Å². The second-order valence-corrected chi connectivity index (χ2v) is 34.9. The van der Waals surface area contributed by atoms with E-state index in [0.29, 0.717) is 40.7 Å². The Hall–Kier alpha value is -14.1. The van der Waals surface area contributed by atoms with Crippen molar-refractivity contribution >= 4 is 41.8 Å². The topological polar surface area (TPSA) is 443 Å². The molecule has 7 N–H and O–H groups in total. The Kier molecular flexibility index (Phi) is 32.3. The molecule has 616 valence electrons. The van der Waals surface area contributed by atoms with E-state index in [1.54, 1.807) is 132 Å². The molecule has 0 saturated carbocycles. The lowest BCUT2D eigenvalue weighted by atomic mass is 9.95. The largest absolute Gasteiger partial charge is 0.396 e. The van der Waals surface area contributed by atoms with Crippen LogP contribution in [0.2, 0.25) is 5.04 Å². The van der Waals surface area contributed by atoms with Crippen LogP contribution in [0.3, 0.4) is 0 Å². The van der Waals surface area contributed by atoms with Gasteiger partial charge >= 0.3 is 22.8 Å². The fraction of sp³-hybridized carbons (Fsp3) is 0.304. The lowest BCUT2D eigenvalue weighted by molar-refractivity contribution is 0.101. The average molecular weight is 1640 g/mol. The van der Waals surface area contributed by atoms with E-state index in [2.05, 4.69) is 99.7 Å². The van der Waals surface area contributed by atoms with Crippen LogP contribution < -0.4 is 55.4 Å². The predicted octanol–water partition coefficient (Wildman–Crippen LogP) is 9.16. The molecule has 0 atom stereocenters. The van der Waals surface area contributed by atoms with Crippen LogP contribution >= 0.6 is 0 Å². The lowest BCUT2D eigenvalue weighted by Crippen LogP contribution is -2.66. The number of nitrogens with one attached hydrogen (secondary N) is 5. The second-order valence-electron chi connectivity index (χ2n) is 30.6. The molecule has 10 rings (SSSR count). The van der Waals surface area contributed by atoms with Gasteiger partial charge in [0.25, 0.3) is 30.6 Å². The van der Waals surface area contributed by atoms with Crippen LogP contribution in [-0.2, 0) is 24.1 Å². The first kappa shape index (κ1) is 93.1. The van der Waals surface area contributed by atoms with Gasteiger partial charge < -0.3 is 19.6 Å². The monoisotopic (exact) mass is 1630 g/mol. The van der Waals surface area contributed by atoms with Crippen LogP contribution in [0.5, 0.6) is 0 Å². The molecule has 28 heteroatoms. The number of nitrogens with zero attached hydrogens (tertiary/aromatic N) is 7. The SMILES string of the molecule is Cc1cc(C#N)cc(C(=O)c2[nH]c(=O)[nH]c(=O)c2C(C)C)c1.Cc1cc(C#N)cc(C(=O)c2c(C(C)C)c(=O)[nH]c(=O)n2CC#CCO)c1.Cc1cc(C#N)cc(C(=O)c2c(C(C)C)c(=O)[nH]c(=O)n2CC#CCO[Si](c2ccccc2)(c2ccccc2)C(C)(C)C)c1.Cc1cc(C#N)cc(C(=O)c2c(C(C)C)c(=O)[nH]c(=O)n2CCCCO)c1. The molecular weight excluding hydrogens is 1540 g/mol. The Labute approximate surface area is 693 Å². The molecule has 0 amide bonds. The maximum atomic E-state index is 13.9. The van der Waals surface area contributed by atoms with E-state index in [0.717, 1.165) is 31.6 Å². The molecule has 0 unspecified atom stereocenters. The predicted molar refractivity (Wildman–Crippen MR) is 458 cm³/mol. The Morgan fingerprint density at radius 2 is 0.742 bits per heavy atom. The molecule has 4 aromatic heterocycles. The van der Waals surface area contributed by atoms with E-state index in [4.69, 9.17) is 25.2 Å². The Morgan fingerprint density at radius 3 is 1.07 bits per heavy atom. The van der Waals surface area contributed by atoms with Gasteiger partial charge in [0.1, 0.15) is 23.7 Å². The van der Waals surface area contributed by atoms with Crippen molar-refractivity contribution in [1.29, 1.82) is 21.0 Å². The van der Waals surface area contributed by atoms with Gasteiger partial charge in [0, 0.05) is 57.7 Å². The number of benzene rings is 6. The van der Waals surface area contributed by atoms with Gasteiger partial charge in [0.05, 0.1) is 71.9 Å². The number of aromatic amines is 5. The highest BCUT2D eigenvalue weighted by atomic mass is 28.4. The highest BCUT2D eigenvalue weighted by Gasteiger charge is 2.50. The van der Waals surface area contributed by atoms with Crippen LogP contribution in [-0.4, -0.2) is 100 Å². The van der Waals surface area contributed by atoms with E-state index in [1.165, 1.54) is 33.4 Å². The van der Waals surface area contributed by atoms with Crippen molar-refractivity contribution in [3.8, 4) is 48.0 Å².